The molecule has 2 rings (SSSR count). The molecule has 0 unspecified atom stereocenters. The largest absolute Gasteiger partial charge is 0.477 e. The summed E-state index contributed by atoms with van der Waals surface area (Å²) >= 11 is 0. The zero-order chi connectivity index (χ0) is 15.1. The first-order valence-corrected chi connectivity index (χ1v) is 6.66. The van der Waals surface area contributed by atoms with E-state index in [9.17, 15) is 4.79 Å². The summed E-state index contributed by atoms with van der Waals surface area (Å²) in [6.07, 6.45) is 0. The number of aromatic nitrogens is 1. The molecule has 0 atom stereocenters. The van der Waals surface area contributed by atoms with E-state index in [0.29, 0.717) is 25.4 Å². The lowest BCUT2D eigenvalue weighted by atomic mass is 10.1. The van der Waals surface area contributed by atoms with Crippen molar-refractivity contribution >= 4 is 5.97 Å². The summed E-state index contributed by atoms with van der Waals surface area (Å²) in [5.41, 5.74) is 3.06. The van der Waals surface area contributed by atoms with Crippen LogP contribution in [0.15, 0.2) is 42.5 Å². The number of carbonyl (C=O) groups is 1. The lowest BCUT2D eigenvalue weighted by Gasteiger charge is -2.07. The Morgan fingerprint density at radius 3 is 2.71 bits per heavy atom. The number of carboxylic acid groups (broad SMARTS) is 1. The van der Waals surface area contributed by atoms with Gasteiger partial charge in [0.15, 0.2) is 0 Å². The standard InChI is InChI=1S/C16H18N2O3/c1-21-11-13-5-2-4-12(8-13)9-17-10-14-6-3-7-15(18-14)16(19)20/h2-8,17H,9-11H2,1H3,(H,19,20). The number of pyridine rings is 1. The van der Waals surface area contributed by atoms with Crippen molar-refractivity contribution < 1.29 is 14.6 Å². The highest BCUT2D eigenvalue weighted by molar-refractivity contribution is 5.85. The third kappa shape index (κ3) is 4.66. The van der Waals surface area contributed by atoms with E-state index >= 15 is 0 Å². The number of nitrogens with one attached hydrogen (secondary N) is 1. The van der Waals surface area contributed by atoms with Crippen LogP contribution in [0.2, 0.25) is 0 Å². The molecular weight excluding hydrogens is 268 g/mol. The van der Waals surface area contributed by atoms with Crippen LogP contribution in [0.5, 0.6) is 0 Å². The highest BCUT2D eigenvalue weighted by atomic mass is 16.5. The third-order valence-corrected chi connectivity index (χ3v) is 2.96. The van der Waals surface area contributed by atoms with Crippen LogP contribution >= 0.6 is 0 Å². The number of nitrogens with zero attached hydrogens (tertiary/aromatic N) is 1. The Hall–Kier alpha value is -2.24. The molecular formula is C16H18N2O3. The van der Waals surface area contributed by atoms with Crippen molar-refractivity contribution in [2.45, 2.75) is 19.7 Å². The Balaban J connectivity index is 1.90. The van der Waals surface area contributed by atoms with Crippen molar-refractivity contribution in [1.29, 1.82) is 0 Å². The van der Waals surface area contributed by atoms with Gasteiger partial charge in [0, 0.05) is 20.2 Å². The van der Waals surface area contributed by atoms with Crippen LogP contribution in [0.3, 0.4) is 0 Å². The number of aromatic carboxylic acids is 1. The van der Waals surface area contributed by atoms with Crippen molar-refractivity contribution in [3.63, 3.8) is 0 Å². The molecule has 21 heavy (non-hydrogen) atoms. The van der Waals surface area contributed by atoms with Crippen molar-refractivity contribution in [1.82, 2.24) is 10.3 Å². The molecule has 0 aliphatic heterocycles. The van der Waals surface area contributed by atoms with Gasteiger partial charge in [-0.25, -0.2) is 9.78 Å². The lowest BCUT2D eigenvalue weighted by Crippen LogP contribution is -2.15. The van der Waals surface area contributed by atoms with Gasteiger partial charge in [-0.2, -0.15) is 0 Å². The number of hydrogen-bond donors (Lipinski definition) is 2. The second-order valence-electron chi connectivity index (χ2n) is 4.68. The molecule has 0 bridgehead atoms. The summed E-state index contributed by atoms with van der Waals surface area (Å²) in [5, 5.41) is 12.2. The van der Waals surface area contributed by atoms with E-state index < -0.39 is 5.97 Å². The third-order valence-electron chi connectivity index (χ3n) is 2.96. The molecule has 5 nitrogen and oxygen atoms in total. The zero-order valence-electron chi connectivity index (χ0n) is 11.9. The maximum Gasteiger partial charge on any atom is 0.354 e. The van der Waals surface area contributed by atoms with Gasteiger partial charge in [0.25, 0.3) is 0 Å². The first kappa shape index (κ1) is 15.2. The normalized spacial score (nSPS) is 10.5. The van der Waals surface area contributed by atoms with Gasteiger partial charge in [0.1, 0.15) is 5.69 Å². The van der Waals surface area contributed by atoms with E-state index in [1.807, 2.05) is 18.2 Å². The van der Waals surface area contributed by atoms with Crippen LogP contribution in [0.25, 0.3) is 0 Å². The number of rotatable bonds is 7. The van der Waals surface area contributed by atoms with Gasteiger partial charge in [0.05, 0.1) is 12.3 Å². The molecule has 0 aliphatic rings. The van der Waals surface area contributed by atoms with E-state index in [1.165, 1.54) is 6.07 Å². The molecule has 0 radical (unpaired) electrons. The Bertz CT molecular complexity index is 614. The molecule has 0 amide bonds. The Kier molecular flexibility index (Phi) is 5.43. The van der Waals surface area contributed by atoms with Gasteiger partial charge in [-0.3, -0.25) is 0 Å². The molecule has 0 aliphatic carbocycles. The molecule has 0 fully saturated rings. The molecule has 1 heterocycles. The van der Waals surface area contributed by atoms with E-state index in [0.717, 1.165) is 11.1 Å². The van der Waals surface area contributed by atoms with Crippen LogP contribution in [-0.2, 0) is 24.4 Å². The average Bonchev–Trinajstić information content (AvgIpc) is 2.48. The molecule has 2 aromatic rings. The maximum atomic E-state index is 10.9. The summed E-state index contributed by atoms with van der Waals surface area (Å²) in [7, 11) is 1.67. The van der Waals surface area contributed by atoms with Crippen molar-refractivity contribution in [2.24, 2.45) is 0 Å². The van der Waals surface area contributed by atoms with Gasteiger partial charge in [-0.1, -0.05) is 30.3 Å². The van der Waals surface area contributed by atoms with E-state index in [-0.39, 0.29) is 5.69 Å². The van der Waals surface area contributed by atoms with Crippen molar-refractivity contribution in [2.75, 3.05) is 7.11 Å². The minimum absolute atomic E-state index is 0.0661. The van der Waals surface area contributed by atoms with E-state index in [1.54, 1.807) is 19.2 Å². The fourth-order valence-electron chi connectivity index (χ4n) is 2.03. The molecule has 110 valence electrons. The summed E-state index contributed by atoms with van der Waals surface area (Å²) in [6, 6.07) is 13.1. The fourth-order valence-corrected chi connectivity index (χ4v) is 2.03. The number of benzene rings is 1. The summed E-state index contributed by atoms with van der Waals surface area (Å²) in [6.45, 7) is 1.81. The fraction of sp³-hybridized carbons (Fsp3) is 0.250. The van der Waals surface area contributed by atoms with Crippen LogP contribution < -0.4 is 5.32 Å². The zero-order valence-corrected chi connectivity index (χ0v) is 11.9. The molecule has 5 heteroatoms. The predicted molar refractivity (Wildman–Crippen MR) is 78.9 cm³/mol. The van der Waals surface area contributed by atoms with Crippen molar-refractivity contribution in [3.8, 4) is 0 Å². The summed E-state index contributed by atoms with van der Waals surface area (Å²) in [5.74, 6) is -1.01. The van der Waals surface area contributed by atoms with Gasteiger partial charge in [0.2, 0.25) is 0 Å². The highest BCUT2D eigenvalue weighted by Crippen LogP contribution is 2.07. The smallest absolute Gasteiger partial charge is 0.354 e. The number of methoxy groups -OCH3 is 1. The number of hydrogen-bond acceptors (Lipinski definition) is 4. The van der Waals surface area contributed by atoms with Crippen molar-refractivity contribution in [3.05, 3.63) is 65.0 Å². The molecule has 0 saturated carbocycles. The monoisotopic (exact) mass is 286 g/mol. The molecule has 0 spiro atoms. The Morgan fingerprint density at radius 2 is 1.95 bits per heavy atom. The van der Waals surface area contributed by atoms with Gasteiger partial charge < -0.3 is 15.2 Å². The minimum Gasteiger partial charge on any atom is -0.477 e. The maximum absolute atomic E-state index is 10.9. The van der Waals surface area contributed by atoms with E-state index in [4.69, 9.17) is 9.84 Å². The Morgan fingerprint density at radius 1 is 1.19 bits per heavy atom. The van der Waals surface area contributed by atoms with Gasteiger partial charge >= 0.3 is 5.97 Å². The quantitative estimate of drug-likeness (QED) is 0.816. The summed E-state index contributed by atoms with van der Waals surface area (Å²) in [4.78, 5) is 14.9. The van der Waals surface area contributed by atoms with Gasteiger partial charge in [-0.05, 0) is 23.3 Å². The number of carboxylic acids is 1. The van der Waals surface area contributed by atoms with Crippen LogP contribution in [0.1, 0.15) is 27.3 Å². The predicted octanol–water partition coefficient (Wildman–Crippen LogP) is 2.22. The molecule has 1 aromatic carbocycles. The van der Waals surface area contributed by atoms with Crippen LogP contribution in [-0.4, -0.2) is 23.2 Å². The average molecular weight is 286 g/mol. The lowest BCUT2D eigenvalue weighted by molar-refractivity contribution is 0.0690. The Labute approximate surface area is 123 Å². The second-order valence-corrected chi connectivity index (χ2v) is 4.68. The van der Waals surface area contributed by atoms with Crippen LogP contribution in [0, 0.1) is 0 Å². The molecule has 2 N–H and O–H groups in total. The highest BCUT2D eigenvalue weighted by Gasteiger charge is 2.04. The number of ether oxygens (including phenoxy) is 1. The second kappa shape index (κ2) is 7.52. The summed E-state index contributed by atoms with van der Waals surface area (Å²) < 4.78 is 5.11. The van der Waals surface area contributed by atoms with E-state index in [2.05, 4.69) is 16.4 Å². The van der Waals surface area contributed by atoms with Gasteiger partial charge in [-0.15, -0.1) is 0 Å². The first-order chi connectivity index (χ1) is 10.2. The van der Waals surface area contributed by atoms with Crippen LogP contribution in [0.4, 0.5) is 0 Å². The minimum atomic E-state index is -1.01. The molecule has 0 saturated heterocycles. The first-order valence-electron chi connectivity index (χ1n) is 6.66. The SMILES string of the molecule is COCc1cccc(CNCc2cccc(C(=O)O)n2)c1. The topological polar surface area (TPSA) is 71.5 Å². The molecule has 1 aromatic heterocycles.